The van der Waals surface area contributed by atoms with E-state index in [1.165, 1.54) is 6.92 Å². The van der Waals surface area contributed by atoms with Gasteiger partial charge in [0.25, 0.3) is 0 Å². The highest BCUT2D eigenvalue weighted by Crippen LogP contribution is 2.83. The zero-order valence-corrected chi connectivity index (χ0v) is 17.9. The molecule has 6 rings (SSSR count). The van der Waals surface area contributed by atoms with Crippen LogP contribution in [0.5, 0.6) is 0 Å². The molecule has 1 heterocycles. The number of fused-ring (bicyclic) bond motifs is 1. The fraction of sp³-hybridized carbons (Fsp3) is 0.875. The molecule has 2 spiro atoms. The van der Waals surface area contributed by atoms with E-state index in [2.05, 4.69) is 25.3 Å². The Morgan fingerprint density at radius 3 is 2.76 bits per heavy atom. The van der Waals surface area contributed by atoms with Crippen molar-refractivity contribution in [3.05, 3.63) is 12.2 Å². The number of aliphatic hydroxyl groups excluding tert-OH is 2. The minimum Gasteiger partial charge on any atom is -0.462 e. The van der Waals surface area contributed by atoms with Gasteiger partial charge in [0, 0.05) is 36.3 Å². The maximum atomic E-state index is 12.2. The Bertz CT molecular complexity index is 798. The highest BCUT2D eigenvalue weighted by Gasteiger charge is 2.85. The summed E-state index contributed by atoms with van der Waals surface area (Å²) < 4.78 is 6.11. The second-order valence-electron chi connectivity index (χ2n) is 11.4. The third-order valence-corrected chi connectivity index (χ3v) is 10.8. The van der Waals surface area contributed by atoms with Gasteiger partial charge in [0.15, 0.2) is 0 Å². The van der Waals surface area contributed by atoms with Crippen molar-refractivity contribution in [2.75, 3.05) is 13.1 Å². The van der Waals surface area contributed by atoms with E-state index >= 15 is 0 Å². The number of hydrogen-bond donors (Lipinski definition) is 2. The molecule has 5 saturated carbocycles. The smallest absolute Gasteiger partial charge is 0.302 e. The first-order valence-corrected chi connectivity index (χ1v) is 11.7. The van der Waals surface area contributed by atoms with Crippen LogP contribution in [0.2, 0.25) is 0 Å². The van der Waals surface area contributed by atoms with Crippen LogP contribution in [-0.4, -0.2) is 58.5 Å². The number of esters is 1. The summed E-state index contributed by atoms with van der Waals surface area (Å²) in [5.41, 5.74) is 0.734. The van der Waals surface area contributed by atoms with Crippen molar-refractivity contribution >= 4 is 5.97 Å². The van der Waals surface area contributed by atoms with Gasteiger partial charge in [-0.15, -0.1) is 0 Å². The molecule has 2 N–H and O–H groups in total. The lowest BCUT2D eigenvalue weighted by Crippen LogP contribution is -2.69. The van der Waals surface area contributed by atoms with Gasteiger partial charge in [0.2, 0.25) is 0 Å². The van der Waals surface area contributed by atoms with Crippen LogP contribution in [0.3, 0.4) is 0 Å². The molecule has 0 radical (unpaired) electrons. The van der Waals surface area contributed by atoms with Crippen molar-refractivity contribution in [2.24, 2.45) is 39.9 Å². The van der Waals surface area contributed by atoms with E-state index in [-0.39, 0.29) is 40.2 Å². The van der Waals surface area contributed by atoms with E-state index in [0.29, 0.717) is 17.9 Å². The molecule has 29 heavy (non-hydrogen) atoms. The Hall–Kier alpha value is -0.910. The van der Waals surface area contributed by atoms with Gasteiger partial charge in [-0.1, -0.05) is 20.4 Å². The standard InChI is InChI=1S/C24H35NO4/c1-5-25-11-22(4)7-6-19(29-13(3)26)24-17(22)8-15(20(24)25)23-10-14(12(2)21(23)28)16(27)9-18(23)24/h14-21,27-28H,2,5-11H2,1,3-4H3. The molecular formula is C24H35NO4. The Morgan fingerprint density at radius 1 is 1.31 bits per heavy atom. The third-order valence-electron chi connectivity index (χ3n) is 10.8. The average Bonchev–Trinajstić information content (AvgIpc) is 3.18. The first-order chi connectivity index (χ1) is 13.7. The summed E-state index contributed by atoms with van der Waals surface area (Å²) in [6.07, 6.45) is 3.63. The summed E-state index contributed by atoms with van der Waals surface area (Å²) >= 11 is 0. The number of rotatable bonds is 2. The topological polar surface area (TPSA) is 70.0 Å². The lowest BCUT2D eigenvalue weighted by atomic mass is 9.43. The van der Waals surface area contributed by atoms with Gasteiger partial charge >= 0.3 is 5.97 Å². The van der Waals surface area contributed by atoms with Gasteiger partial charge < -0.3 is 14.9 Å². The summed E-state index contributed by atoms with van der Waals surface area (Å²) in [4.78, 5) is 14.8. The predicted molar refractivity (Wildman–Crippen MR) is 108 cm³/mol. The third kappa shape index (κ3) is 1.81. The van der Waals surface area contributed by atoms with Crippen LogP contribution >= 0.6 is 0 Å². The fourth-order valence-electron chi connectivity index (χ4n) is 10.3. The summed E-state index contributed by atoms with van der Waals surface area (Å²) in [5, 5.41) is 22.6. The highest BCUT2D eigenvalue weighted by molar-refractivity contribution is 5.66. The lowest BCUT2D eigenvalue weighted by molar-refractivity contribution is -0.228. The molecule has 160 valence electrons. The minimum atomic E-state index is -0.537. The molecule has 0 aromatic carbocycles. The molecular weight excluding hydrogens is 366 g/mol. The van der Waals surface area contributed by atoms with Crippen LogP contribution in [0, 0.1) is 39.9 Å². The van der Waals surface area contributed by atoms with Gasteiger partial charge in [-0.25, -0.2) is 0 Å². The Morgan fingerprint density at radius 2 is 2.07 bits per heavy atom. The minimum absolute atomic E-state index is 0.0223. The molecule has 7 bridgehead atoms. The fourth-order valence-corrected chi connectivity index (χ4v) is 10.3. The van der Waals surface area contributed by atoms with E-state index in [1.807, 2.05) is 0 Å². The van der Waals surface area contributed by atoms with Gasteiger partial charge in [-0.05, 0) is 67.4 Å². The average molecular weight is 402 g/mol. The molecule has 6 aliphatic rings. The highest BCUT2D eigenvalue weighted by atomic mass is 16.5. The molecule has 0 aromatic heterocycles. The lowest BCUT2D eigenvalue weighted by Gasteiger charge is -2.65. The maximum Gasteiger partial charge on any atom is 0.302 e. The zero-order chi connectivity index (χ0) is 20.5. The maximum absolute atomic E-state index is 12.2. The van der Waals surface area contributed by atoms with Crippen LogP contribution in [0.1, 0.15) is 52.9 Å². The van der Waals surface area contributed by atoms with Crippen molar-refractivity contribution in [2.45, 2.75) is 77.2 Å². The van der Waals surface area contributed by atoms with Crippen LogP contribution in [0.15, 0.2) is 12.2 Å². The largest absolute Gasteiger partial charge is 0.462 e. The molecule has 1 saturated heterocycles. The van der Waals surface area contributed by atoms with Crippen LogP contribution in [0.4, 0.5) is 0 Å². The Balaban J connectivity index is 1.59. The summed E-state index contributed by atoms with van der Waals surface area (Å²) in [5.74, 6) is 0.937. The second kappa shape index (κ2) is 5.46. The van der Waals surface area contributed by atoms with E-state index in [0.717, 1.165) is 50.8 Å². The van der Waals surface area contributed by atoms with Crippen LogP contribution < -0.4 is 0 Å². The van der Waals surface area contributed by atoms with Crippen molar-refractivity contribution < 1.29 is 19.7 Å². The van der Waals surface area contributed by atoms with Crippen molar-refractivity contribution in [3.8, 4) is 0 Å². The van der Waals surface area contributed by atoms with Gasteiger partial charge in [-0.3, -0.25) is 9.69 Å². The number of piperidine rings is 1. The number of carbonyl (C=O) groups is 1. The number of ether oxygens (including phenoxy) is 1. The van der Waals surface area contributed by atoms with Gasteiger partial charge in [-0.2, -0.15) is 0 Å². The number of hydrogen-bond acceptors (Lipinski definition) is 5. The van der Waals surface area contributed by atoms with E-state index in [4.69, 9.17) is 4.74 Å². The van der Waals surface area contributed by atoms with Gasteiger partial charge in [0.05, 0.1) is 12.2 Å². The molecule has 0 amide bonds. The zero-order valence-electron chi connectivity index (χ0n) is 17.9. The number of nitrogens with zero attached hydrogens (tertiary/aromatic N) is 1. The molecule has 5 nitrogen and oxygen atoms in total. The number of likely N-dealkylation sites (tertiary alicyclic amines) is 1. The summed E-state index contributed by atoms with van der Waals surface area (Å²) in [6.45, 7) is 12.6. The Kier molecular flexibility index (Phi) is 3.55. The molecule has 6 fully saturated rings. The quantitative estimate of drug-likeness (QED) is 0.549. The molecule has 5 aliphatic carbocycles. The molecule has 0 aromatic rings. The predicted octanol–water partition coefficient (Wildman–Crippen LogP) is 2.36. The SMILES string of the molecule is C=C1C2CC3(C1O)C1CC4C5(C)CCC(OC(C)=O)C4(C1N(CC)C5)C3CC2O. The van der Waals surface area contributed by atoms with Crippen LogP contribution in [0.25, 0.3) is 0 Å². The number of carbonyl (C=O) groups excluding carboxylic acids is 1. The number of aliphatic hydroxyl groups is 2. The summed E-state index contributed by atoms with van der Waals surface area (Å²) in [6, 6.07) is 0.340. The van der Waals surface area contributed by atoms with Crippen LogP contribution in [-0.2, 0) is 9.53 Å². The normalized spacial score (nSPS) is 59.7. The molecule has 5 heteroatoms. The van der Waals surface area contributed by atoms with Crippen molar-refractivity contribution in [1.29, 1.82) is 0 Å². The monoisotopic (exact) mass is 401 g/mol. The molecule has 11 unspecified atom stereocenters. The molecule has 1 aliphatic heterocycles. The first-order valence-electron chi connectivity index (χ1n) is 11.7. The Labute approximate surface area is 173 Å². The first kappa shape index (κ1) is 18.8. The summed E-state index contributed by atoms with van der Waals surface area (Å²) in [7, 11) is 0. The molecule has 11 atom stereocenters. The van der Waals surface area contributed by atoms with Crippen molar-refractivity contribution in [1.82, 2.24) is 4.90 Å². The van der Waals surface area contributed by atoms with Gasteiger partial charge in [0.1, 0.15) is 6.10 Å². The van der Waals surface area contributed by atoms with E-state index in [9.17, 15) is 15.0 Å². The van der Waals surface area contributed by atoms with E-state index in [1.54, 1.807) is 0 Å². The van der Waals surface area contributed by atoms with Crippen molar-refractivity contribution in [3.63, 3.8) is 0 Å². The van der Waals surface area contributed by atoms with E-state index < -0.39 is 12.2 Å². The second-order valence-corrected chi connectivity index (χ2v) is 11.4.